The molecule has 0 fully saturated rings. The molecule has 0 unspecified atom stereocenters. The summed E-state index contributed by atoms with van der Waals surface area (Å²) in [4.78, 5) is 21.9. The Morgan fingerprint density at radius 1 is 1.03 bits per heavy atom. The van der Waals surface area contributed by atoms with Crippen LogP contribution in [0.2, 0.25) is 0 Å². The van der Waals surface area contributed by atoms with E-state index in [1.165, 1.54) is 33.2 Å². The summed E-state index contributed by atoms with van der Waals surface area (Å²) in [5, 5.41) is 17.1. The average Bonchev–Trinajstić information content (AvgIpc) is 3.45. The second-order valence-electron chi connectivity index (χ2n) is 6.85. The van der Waals surface area contributed by atoms with E-state index in [4.69, 9.17) is 0 Å². The van der Waals surface area contributed by atoms with Gasteiger partial charge in [-0.05, 0) is 26.0 Å². The topological polar surface area (TPSA) is 83.2 Å². The van der Waals surface area contributed by atoms with Crippen LogP contribution in [0.4, 0.5) is 10.3 Å². The fourth-order valence-corrected chi connectivity index (χ4v) is 4.64. The number of rotatable bonds is 4. The lowest BCUT2D eigenvalue weighted by Gasteiger charge is -2.07. The van der Waals surface area contributed by atoms with Gasteiger partial charge in [0, 0.05) is 10.9 Å². The van der Waals surface area contributed by atoms with Gasteiger partial charge >= 0.3 is 0 Å². The van der Waals surface area contributed by atoms with Gasteiger partial charge in [-0.25, -0.2) is 9.97 Å². The Morgan fingerprint density at radius 2 is 1.83 bits per heavy atom. The van der Waals surface area contributed by atoms with Crippen LogP contribution in [-0.4, -0.2) is 27.6 Å². The lowest BCUT2D eigenvalue weighted by atomic mass is 10.1. The minimum Gasteiger partial charge on any atom is -0.269 e. The predicted molar refractivity (Wildman–Crippen MR) is 121 cm³/mol. The molecule has 0 saturated heterocycles. The van der Waals surface area contributed by atoms with Crippen molar-refractivity contribution >= 4 is 54.8 Å². The number of para-hydroxylation sites is 1. The predicted octanol–water partition coefficient (Wildman–Crippen LogP) is 5.60. The molecule has 2 aromatic heterocycles. The van der Waals surface area contributed by atoms with E-state index >= 15 is 0 Å². The number of carbonyl (C=O) groups is 1. The second-order valence-corrected chi connectivity index (χ2v) is 8.70. The minimum absolute atomic E-state index is 0.262. The molecule has 0 saturated carbocycles. The Labute approximate surface area is 180 Å². The van der Waals surface area contributed by atoms with E-state index in [1.54, 1.807) is 6.92 Å². The fraction of sp³-hybridized carbons (Fsp3) is 0.143. The maximum atomic E-state index is 12.9. The van der Waals surface area contributed by atoms with E-state index in [2.05, 4.69) is 25.3 Å². The molecule has 4 aromatic rings. The van der Waals surface area contributed by atoms with E-state index in [0.717, 1.165) is 21.5 Å². The molecule has 148 valence electrons. The van der Waals surface area contributed by atoms with Gasteiger partial charge in [0.05, 0.1) is 21.6 Å². The zero-order valence-corrected chi connectivity index (χ0v) is 17.8. The Kier molecular flexibility index (Phi) is 4.68. The Balaban J connectivity index is 1.36. The number of amides is 1. The fourth-order valence-electron chi connectivity index (χ4n) is 3.05. The van der Waals surface area contributed by atoms with Crippen LogP contribution in [0, 0.1) is 6.92 Å². The quantitative estimate of drug-likeness (QED) is 0.393. The van der Waals surface area contributed by atoms with Crippen molar-refractivity contribution in [3.8, 4) is 11.3 Å². The number of carbonyl (C=O) groups excluding carboxylic acids is 1. The van der Waals surface area contributed by atoms with Gasteiger partial charge in [0.1, 0.15) is 0 Å². The summed E-state index contributed by atoms with van der Waals surface area (Å²) in [6.07, 6.45) is 0. The summed E-state index contributed by atoms with van der Waals surface area (Å²) in [6, 6.07) is 15.1. The molecule has 0 spiro atoms. The van der Waals surface area contributed by atoms with Gasteiger partial charge in [-0.1, -0.05) is 53.3 Å². The average molecular weight is 433 g/mol. The van der Waals surface area contributed by atoms with E-state index in [1.807, 2.05) is 60.8 Å². The van der Waals surface area contributed by atoms with Crippen LogP contribution in [-0.2, 0) is 4.79 Å². The summed E-state index contributed by atoms with van der Waals surface area (Å²) in [5.41, 5.74) is 4.45. The first-order valence-electron chi connectivity index (χ1n) is 9.26. The zero-order valence-electron chi connectivity index (χ0n) is 16.2. The molecule has 2 aromatic carbocycles. The first-order valence-corrected chi connectivity index (χ1v) is 11.0. The lowest BCUT2D eigenvalue weighted by Crippen LogP contribution is -2.29. The minimum atomic E-state index is -0.760. The van der Waals surface area contributed by atoms with Crippen molar-refractivity contribution in [1.29, 1.82) is 0 Å². The van der Waals surface area contributed by atoms with Crippen LogP contribution in [0.1, 0.15) is 12.5 Å². The summed E-state index contributed by atoms with van der Waals surface area (Å²) in [5.74, 6) is -0.262. The highest BCUT2D eigenvalue weighted by Gasteiger charge is 2.36. The van der Waals surface area contributed by atoms with Crippen molar-refractivity contribution in [2.24, 2.45) is 15.3 Å². The molecule has 7 nitrogen and oxygen atoms in total. The number of aromatic nitrogens is 2. The lowest BCUT2D eigenvalue weighted by molar-refractivity contribution is -0.117. The number of hydrogen-bond donors (Lipinski definition) is 0. The number of benzene rings is 2. The third-order valence-electron chi connectivity index (χ3n) is 4.66. The number of anilines is 1. The van der Waals surface area contributed by atoms with Gasteiger partial charge in [0.2, 0.25) is 10.3 Å². The molecule has 0 N–H and O–H groups in total. The highest BCUT2D eigenvalue weighted by molar-refractivity contribution is 7.21. The van der Waals surface area contributed by atoms with Crippen LogP contribution >= 0.6 is 22.7 Å². The van der Waals surface area contributed by atoms with Gasteiger partial charge in [-0.15, -0.1) is 16.5 Å². The summed E-state index contributed by atoms with van der Waals surface area (Å²) in [6.45, 7) is 3.81. The highest BCUT2D eigenvalue weighted by Crippen LogP contribution is 2.32. The largest absolute Gasteiger partial charge is 0.282 e. The molecule has 0 aliphatic carbocycles. The van der Waals surface area contributed by atoms with E-state index in [9.17, 15) is 4.79 Å². The SMILES string of the molecule is CC1=NN(c2nc(-c3ccc(C)cc3)cs2)C(=O)[C@H]1N=Nc1nc2ccccc2s1. The molecule has 9 heteroatoms. The summed E-state index contributed by atoms with van der Waals surface area (Å²) in [7, 11) is 0. The number of hydrogen-bond acceptors (Lipinski definition) is 8. The van der Waals surface area contributed by atoms with Crippen LogP contribution < -0.4 is 5.01 Å². The third kappa shape index (κ3) is 3.42. The number of fused-ring (bicyclic) bond motifs is 1. The standard InChI is InChI=1S/C21H16N6OS2/c1-12-7-9-14(10-8-12)16-11-29-21(23-16)27-19(28)18(13(2)26-27)24-25-20-22-15-5-3-4-6-17(15)30-20/h3-11,18H,1-2H3/t18-/m0/s1. The number of aryl methyl sites for hydroxylation is 1. The number of hydrazone groups is 1. The second kappa shape index (κ2) is 7.51. The normalized spacial score (nSPS) is 16.7. The number of nitrogens with zero attached hydrogens (tertiary/aromatic N) is 6. The van der Waals surface area contributed by atoms with Crippen LogP contribution in [0.5, 0.6) is 0 Å². The van der Waals surface area contributed by atoms with Crippen LogP contribution in [0.3, 0.4) is 0 Å². The third-order valence-corrected chi connectivity index (χ3v) is 6.39. The molecular formula is C21H16N6OS2. The van der Waals surface area contributed by atoms with E-state index in [0.29, 0.717) is 16.0 Å². The molecule has 3 heterocycles. The van der Waals surface area contributed by atoms with Gasteiger partial charge in [-0.3, -0.25) is 4.79 Å². The van der Waals surface area contributed by atoms with Gasteiger partial charge < -0.3 is 0 Å². The van der Waals surface area contributed by atoms with Crippen molar-refractivity contribution in [3.05, 3.63) is 59.5 Å². The molecule has 1 atom stereocenters. The highest BCUT2D eigenvalue weighted by atomic mass is 32.1. The van der Waals surface area contributed by atoms with Crippen molar-refractivity contribution < 1.29 is 4.79 Å². The molecule has 1 aliphatic heterocycles. The van der Waals surface area contributed by atoms with Crippen molar-refractivity contribution in [1.82, 2.24) is 9.97 Å². The number of azo groups is 1. The van der Waals surface area contributed by atoms with Gasteiger partial charge in [-0.2, -0.15) is 15.2 Å². The van der Waals surface area contributed by atoms with E-state index in [-0.39, 0.29) is 5.91 Å². The molecule has 30 heavy (non-hydrogen) atoms. The van der Waals surface area contributed by atoms with Crippen molar-refractivity contribution in [2.75, 3.05) is 5.01 Å². The zero-order chi connectivity index (χ0) is 20.7. The van der Waals surface area contributed by atoms with E-state index < -0.39 is 6.04 Å². The Hall–Kier alpha value is -3.30. The smallest absolute Gasteiger partial charge is 0.269 e. The van der Waals surface area contributed by atoms with Crippen molar-refractivity contribution in [2.45, 2.75) is 19.9 Å². The van der Waals surface area contributed by atoms with Gasteiger partial charge in [0.15, 0.2) is 6.04 Å². The molecular weight excluding hydrogens is 416 g/mol. The molecule has 0 bridgehead atoms. The number of thiazole rings is 2. The molecule has 0 radical (unpaired) electrons. The monoisotopic (exact) mass is 432 g/mol. The van der Waals surface area contributed by atoms with Crippen LogP contribution in [0.15, 0.2) is 69.2 Å². The van der Waals surface area contributed by atoms with Gasteiger partial charge in [0.25, 0.3) is 5.91 Å². The first-order chi connectivity index (χ1) is 14.6. The maximum Gasteiger partial charge on any atom is 0.282 e. The van der Waals surface area contributed by atoms with Crippen molar-refractivity contribution in [3.63, 3.8) is 0 Å². The molecule has 1 aliphatic rings. The molecule has 5 rings (SSSR count). The first kappa shape index (κ1) is 18.7. The Bertz CT molecular complexity index is 1270. The maximum absolute atomic E-state index is 12.9. The summed E-state index contributed by atoms with van der Waals surface area (Å²) >= 11 is 2.81. The van der Waals surface area contributed by atoms with Crippen LogP contribution in [0.25, 0.3) is 21.5 Å². The molecule has 1 amide bonds. The summed E-state index contributed by atoms with van der Waals surface area (Å²) < 4.78 is 1.03. The Morgan fingerprint density at radius 3 is 2.63 bits per heavy atom.